The van der Waals surface area contributed by atoms with Crippen LogP contribution in [-0.4, -0.2) is 32.6 Å². The molecule has 1 atom stereocenters. The summed E-state index contributed by atoms with van der Waals surface area (Å²) in [5.74, 6) is -0.859. The van der Waals surface area contributed by atoms with E-state index in [0.717, 1.165) is 33.9 Å². The maximum Gasteiger partial charge on any atom is 0.316 e. The van der Waals surface area contributed by atoms with E-state index in [2.05, 4.69) is 20.3 Å². The zero-order valence-corrected chi connectivity index (χ0v) is 17.5. The molecule has 0 saturated carbocycles. The Morgan fingerprint density at radius 1 is 1.28 bits per heavy atom. The molecule has 0 aliphatic rings. The Morgan fingerprint density at radius 2 is 2.03 bits per heavy atom. The molecular weight excluding hydrogens is 388 g/mol. The highest BCUT2D eigenvalue weighted by atomic mass is 32.1. The van der Waals surface area contributed by atoms with Crippen molar-refractivity contribution in [3.8, 4) is 16.6 Å². The molecule has 7 nitrogen and oxygen atoms in total. The average Bonchev–Trinajstić information content (AvgIpc) is 3.14. The summed E-state index contributed by atoms with van der Waals surface area (Å²) in [4.78, 5) is 24.2. The molecular formula is C21H24N4O3S. The molecule has 2 N–H and O–H groups in total. The molecule has 2 aromatic heterocycles. The maximum atomic E-state index is 11.2. The van der Waals surface area contributed by atoms with Crippen LogP contribution in [0.25, 0.3) is 10.6 Å². The lowest BCUT2D eigenvalue weighted by molar-refractivity contribution is -0.137. The van der Waals surface area contributed by atoms with Crippen molar-refractivity contribution in [3.05, 3.63) is 47.2 Å². The Bertz CT molecular complexity index is 972. The fraction of sp³-hybridized carbons (Fsp3) is 0.333. The Hall–Kier alpha value is -3.00. The first-order valence-corrected chi connectivity index (χ1v) is 10.4. The van der Waals surface area contributed by atoms with Gasteiger partial charge in [0.15, 0.2) is 0 Å². The molecule has 0 spiro atoms. The molecule has 3 aromatic rings. The minimum absolute atomic E-state index is 0.0586. The quantitative estimate of drug-likeness (QED) is 0.509. The summed E-state index contributed by atoms with van der Waals surface area (Å²) < 4.78 is 5.30. The molecule has 2 heterocycles. The number of thiazole rings is 1. The van der Waals surface area contributed by atoms with E-state index in [1.807, 2.05) is 44.4 Å². The van der Waals surface area contributed by atoms with Gasteiger partial charge in [0.25, 0.3) is 0 Å². The highest BCUT2D eigenvalue weighted by molar-refractivity contribution is 7.13. The summed E-state index contributed by atoms with van der Waals surface area (Å²) in [7, 11) is 0. The fourth-order valence-corrected chi connectivity index (χ4v) is 3.87. The average molecular weight is 413 g/mol. The summed E-state index contributed by atoms with van der Waals surface area (Å²) in [5.41, 5.74) is 4.44. The molecule has 152 valence electrons. The molecule has 3 rings (SSSR count). The predicted molar refractivity (Wildman–Crippen MR) is 114 cm³/mol. The number of rotatable bonds is 9. The lowest BCUT2D eigenvalue weighted by atomic mass is 9.92. The second kappa shape index (κ2) is 9.47. The number of nitrogens with zero attached hydrogens (tertiary/aromatic N) is 3. The van der Waals surface area contributed by atoms with Crippen molar-refractivity contribution >= 4 is 28.7 Å². The first-order valence-electron chi connectivity index (χ1n) is 9.50. The van der Waals surface area contributed by atoms with Crippen LogP contribution in [0.3, 0.4) is 0 Å². The topological polar surface area (TPSA) is 97.2 Å². The smallest absolute Gasteiger partial charge is 0.316 e. The van der Waals surface area contributed by atoms with Gasteiger partial charge in [0.1, 0.15) is 5.01 Å². The van der Waals surface area contributed by atoms with Crippen LogP contribution in [0.2, 0.25) is 0 Å². The van der Waals surface area contributed by atoms with Gasteiger partial charge in [-0.1, -0.05) is 13.0 Å². The van der Waals surface area contributed by atoms with Gasteiger partial charge in [0, 0.05) is 22.3 Å². The molecule has 0 amide bonds. The van der Waals surface area contributed by atoms with Crippen LogP contribution in [0.1, 0.15) is 43.9 Å². The van der Waals surface area contributed by atoms with E-state index in [-0.39, 0.29) is 12.3 Å². The minimum Gasteiger partial charge on any atom is -0.481 e. The Kier molecular flexibility index (Phi) is 6.77. The van der Waals surface area contributed by atoms with Crippen LogP contribution >= 0.6 is 11.3 Å². The van der Waals surface area contributed by atoms with Crippen molar-refractivity contribution in [3.63, 3.8) is 0 Å². The number of hydrogen-bond acceptors (Lipinski definition) is 7. The number of ether oxygens (including phenoxy) is 1. The molecule has 0 saturated heterocycles. The lowest BCUT2D eigenvalue weighted by Gasteiger charge is -2.17. The lowest BCUT2D eigenvalue weighted by Crippen LogP contribution is -2.06. The van der Waals surface area contributed by atoms with Gasteiger partial charge >= 0.3 is 12.0 Å². The monoisotopic (exact) mass is 412 g/mol. The summed E-state index contributed by atoms with van der Waals surface area (Å²) in [6.07, 6.45) is 4.16. The van der Waals surface area contributed by atoms with Gasteiger partial charge in [-0.25, -0.2) is 15.0 Å². The van der Waals surface area contributed by atoms with Crippen molar-refractivity contribution in [1.29, 1.82) is 0 Å². The highest BCUT2D eigenvalue weighted by Crippen LogP contribution is 2.36. The van der Waals surface area contributed by atoms with E-state index < -0.39 is 5.97 Å². The summed E-state index contributed by atoms with van der Waals surface area (Å²) in [6.45, 7) is 6.34. The van der Waals surface area contributed by atoms with Crippen LogP contribution in [-0.2, 0) is 4.79 Å². The van der Waals surface area contributed by atoms with Crippen LogP contribution in [0.15, 0.2) is 36.0 Å². The van der Waals surface area contributed by atoms with Crippen molar-refractivity contribution in [2.24, 2.45) is 0 Å². The number of aryl methyl sites for hydroxylation is 1. The van der Waals surface area contributed by atoms with Gasteiger partial charge in [-0.2, -0.15) is 0 Å². The molecule has 0 aliphatic heterocycles. The maximum absolute atomic E-state index is 11.2. The van der Waals surface area contributed by atoms with E-state index in [1.165, 1.54) is 0 Å². The van der Waals surface area contributed by atoms with Gasteiger partial charge < -0.3 is 15.2 Å². The van der Waals surface area contributed by atoms with Gasteiger partial charge in [0.05, 0.1) is 31.1 Å². The number of anilines is 2. The third-order valence-electron chi connectivity index (χ3n) is 4.46. The first-order chi connectivity index (χ1) is 14.0. The van der Waals surface area contributed by atoms with E-state index in [0.29, 0.717) is 18.3 Å². The number of benzene rings is 1. The van der Waals surface area contributed by atoms with Crippen molar-refractivity contribution in [2.45, 2.75) is 39.5 Å². The third-order valence-corrected chi connectivity index (χ3v) is 5.45. The number of aliphatic carboxylic acids is 1. The first kappa shape index (κ1) is 20.7. The summed E-state index contributed by atoms with van der Waals surface area (Å²) in [6, 6.07) is 6.31. The Balaban J connectivity index is 1.97. The van der Waals surface area contributed by atoms with E-state index in [4.69, 9.17) is 4.74 Å². The second-order valence-electron chi connectivity index (χ2n) is 6.61. The number of carboxylic acids is 1. The van der Waals surface area contributed by atoms with Crippen molar-refractivity contribution < 1.29 is 14.6 Å². The van der Waals surface area contributed by atoms with E-state index in [1.54, 1.807) is 23.7 Å². The number of aromatic nitrogens is 3. The Morgan fingerprint density at radius 3 is 2.62 bits per heavy atom. The molecule has 8 heteroatoms. The van der Waals surface area contributed by atoms with Gasteiger partial charge in [-0.05, 0) is 43.9 Å². The Labute approximate surface area is 173 Å². The van der Waals surface area contributed by atoms with Crippen LogP contribution < -0.4 is 10.1 Å². The van der Waals surface area contributed by atoms with Crippen molar-refractivity contribution in [1.82, 2.24) is 15.0 Å². The second-order valence-corrected chi connectivity index (χ2v) is 7.47. The van der Waals surface area contributed by atoms with Crippen molar-refractivity contribution in [2.75, 3.05) is 11.9 Å². The third kappa shape index (κ3) is 5.29. The number of carboxylic acid groups (broad SMARTS) is 1. The van der Waals surface area contributed by atoms with Gasteiger partial charge in [0.2, 0.25) is 0 Å². The standard InChI is InChI=1S/C21H24N4O3S/c1-4-14(9-19(26)27)15-6-7-17(20-24-13(3)12-29-20)18(8-15)25-16-10-22-21(23-11-16)28-5-2/h6-8,10-12,14,25H,4-5,9H2,1-3H3,(H,26,27). The normalized spacial score (nSPS) is 11.8. The van der Waals surface area contributed by atoms with Crippen LogP contribution in [0.4, 0.5) is 11.4 Å². The summed E-state index contributed by atoms with van der Waals surface area (Å²) in [5, 5.41) is 15.5. The molecule has 1 aromatic carbocycles. The fourth-order valence-electron chi connectivity index (χ4n) is 3.03. The van der Waals surface area contributed by atoms with Crippen LogP contribution in [0, 0.1) is 6.92 Å². The molecule has 0 radical (unpaired) electrons. The molecule has 0 bridgehead atoms. The summed E-state index contributed by atoms with van der Waals surface area (Å²) >= 11 is 1.57. The zero-order chi connectivity index (χ0) is 20.8. The molecule has 0 aliphatic carbocycles. The molecule has 0 fully saturated rings. The number of hydrogen-bond donors (Lipinski definition) is 2. The largest absolute Gasteiger partial charge is 0.481 e. The van der Waals surface area contributed by atoms with Gasteiger partial charge in [-0.15, -0.1) is 11.3 Å². The SMILES string of the molecule is CCOc1ncc(Nc2cc(C(CC)CC(=O)O)ccc2-c2nc(C)cs2)cn1. The van der Waals surface area contributed by atoms with E-state index >= 15 is 0 Å². The number of nitrogens with one attached hydrogen (secondary N) is 1. The van der Waals surface area contributed by atoms with Crippen LogP contribution in [0.5, 0.6) is 6.01 Å². The number of carbonyl (C=O) groups is 1. The molecule has 29 heavy (non-hydrogen) atoms. The zero-order valence-electron chi connectivity index (χ0n) is 16.7. The van der Waals surface area contributed by atoms with Gasteiger partial charge in [-0.3, -0.25) is 4.79 Å². The minimum atomic E-state index is -0.800. The highest BCUT2D eigenvalue weighted by Gasteiger charge is 2.17. The predicted octanol–water partition coefficient (Wildman–Crippen LogP) is 5.02. The van der Waals surface area contributed by atoms with E-state index in [9.17, 15) is 9.90 Å². The molecule has 1 unspecified atom stereocenters.